The molecule has 1 aliphatic rings. The molecule has 7 nitrogen and oxygen atoms in total. The minimum atomic E-state index is -1.57. The normalized spacial score (nSPS) is 19.0. The molecule has 9 heteroatoms. The fourth-order valence-corrected chi connectivity index (χ4v) is 3.42. The summed E-state index contributed by atoms with van der Waals surface area (Å²) in [7, 11) is 1.32. The van der Waals surface area contributed by atoms with Gasteiger partial charge in [-0.1, -0.05) is 12.1 Å². The first-order valence-electron chi connectivity index (χ1n) is 8.29. The van der Waals surface area contributed by atoms with E-state index in [1.165, 1.54) is 48.2 Å². The first-order valence-corrected chi connectivity index (χ1v) is 8.29. The van der Waals surface area contributed by atoms with E-state index in [1.54, 1.807) is 0 Å². The van der Waals surface area contributed by atoms with Gasteiger partial charge in [0.2, 0.25) is 0 Å². The maximum atomic E-state index is 14.0. The van der Waals surface area contributed by atoms with E-state index < -0.39 is 29.1 Å². The molecule has 3 aromatic rings. The lowest BCUT2D eigenvalue weighted by Gasteiger charge is -2.27. The third-order valence-electron chi connectivity index (χ3n) is 4.82. The lowest BCUT2D eigenvalue weighted by molar-refractivity contribution is -0.124. The number of fused-ring (bicyclic) bond motifs is 1. The average Bonchev–Trinajstić information content (AvgIpc) is 3.11. The van der Waals surface area contributed by atoms with E-state index in [0.29, 0.717) is 10.9 Å². The smallest absolute Gasteiger partial charge is 0.322 e. The SMILES string of the molecule is COc1cc2cn(CC3(c4ccc(F)cc4)NC(=O)NC3=O)c(O)c2cc1F. The first-order chi connectivity index (χ1) is 13.3. The van der Waals surface area contributed by atoms with Crippen LogP contribution in [0.25, 0.3) is 10.8 Å². The van der Waals surface area contributed by atoms with Crippen molar-refractivity contribution in [2.24, 2.45) is 0 Å². The number of hydrogen-bond acceptors (Lipinski definition) is 4. The zero-order valence-corrected chi connectivity index (χ0v) is 14.6. The van der Waals surface area contributed by atoms with Gasteiger partial charge in [-0.05, 0) is 29.8 Å². The van der Waals surface area contributed by atoms with Crippen molar-refractivity contribution < 1.29 is 28.2 Å². The fraction of sp³-hybridized carbons (Fsp3) is 0.158. The lowest BCUT2D eigenvalue weighted by atomic mass is 9.89. The highest BCUT2D eigenvalue weighted by atomic mass is 19.1. The first kappa shape index (κ1) is 17.8. The predicted octanol–water partition coefficient (Wildman–Crippen LogP) is 2.37. The van der Waals surface area contributed by atoms with Gasteiger partial charge in [0.1, 0.15) is 5.82 Å². The van der Waals surface area contributed by atoms with E-state index in [4.69, 9.17) is 4.74 Å². The van der Waals surface area contributed by atoms with Gasteiger partial charge < -0.3 is 19.7 Å². The Bertz CT molecular complexity index is 1110. The van der Waals surface area contributed by atoms with Crippen LogP contribution < -0.4 is 15.4 Å². The molecule has 1 atom stereocenters. The van der Waals surface area contributed by atoms with Crippen LogP contribution in [0.1, 0.15) is 5.56 Å². The van der Waals surface area contributed by atoms with E-state index in [1.807, 2.05) is 0 Å². The van der Waals surface area contributed by atoms with Crippen molar-refractivity contribution in [2.45, 2.75) is 12.1 Å². The average molecular weight is 387 g/mol. The molecular formula is C19H15F2N3O4. The molecule has 1 saturated heterocycles. The van der Waals surface area contributed by atoms with Crippen molar-refractivity contribution in [3.05, 3.63) is 59.8 Å². The van der Waals surface area contributed by atoms with Crippen LogP contribution in [0.15, 0.2) is 42.6 Å². The Morgan fingerprint density at radius 3 is 2.50 bits per heavy atom. The Morgan fingerprint density at radius 2 is 1.89 bits per heavy atom. The summed E-state index contributed by atoms with van der Waals surface area (Å²) in [6.45, 7) is -0.194. The van der Waals surface area contributed by atoms with E-state index >= 15 is 0 Å². The standard InChI is InChI=1S/C19H15F2N3O4/c1-28-15-6-10-8-24(16(25)13(10)7-14(15)21)9-19(17(26)22-18(27)23-19)11-2-4-12(20)5-3-11/h2-8,25H,9H2,1H3,(H2,22,23,26,27). The summed E-state index contributed by atoms with van der Waals surface area (Å²) in [4.78, 5) is 24.4. The summed E-state index contributed by atoms with van der Waals surface area (Å²) < 4.78 is 33.6. The summed E-state index contributed by atoms with van der Waals surface area (Å²) in [5.41, 5.74) is -1.24. The van der Waals surface area contributed by atoms with Crippen molar-refractivity contribution in [3.63, 3.8) is 0 Å². The number of urea groups is 1. The number of nitrogens with one attached hydrogen (secondary N) is 2. The number of nitrogens with zero attached hydrogens (tertiary/aromatic N) is 1. The molecule has 144 valence electrons. The third kappa shape index (κ3) is 2.63. The van der Waals surface area contributed by atoms with E-state index in [0.717, 1.165) is 6.07 Å². The van der Waals surface area contributed by atoms with Crippen LogP contribution in [0.4, 0.5) is 13.6 Å². The quantitative estimate of drug-likeness (QED) is 0.600. The fourth-order valence-electron chi connectivity index (χ4n) is 3.42. The maximum absolute atomic E-state index is 14.0. The van der Waals surface area contributed by atoms with Crippen molar-refractivity contribution in [3.8, 4) is 11.6 Å². The lowest BCUT2D eigenvalue weighted by Crippen LogP contribution is -2.47. The number of halogens is 2. The number of carbonyl (C=O) groups excluding carboxylic acids is 2. The molecule has 0 saturated carbocycles. The summed E-state index contributed by atoms with van der Waals surface area (Å²) in [6, 6.07) is 6.92. The Morgan fingerprint density at radius 1 is 1.18 bits per heavy atom. The van der Waals surface area contributed by atoms with Crippen LogP contribution in [0.3, 0.4) is 0 Å². The van der Waals surface area contributed by atoms with Crippen LogP contribution in [0.5, 0.6) is 11.6 Å². The summed E-state index contributed by atoms with van der Waals surface area (Å²) in [5, 5.41) is 16.0. The second-order valence-electron chi connectivity index (χ2n) is 6.48. The molecule has 0 bridgehead atoms. The Labute approximate surface area is 157 Å². The predicted molar refractivity (Wildman–Crippen MR) is 94.9 cm³/mol. The number of ether oxygens (including phenoxy) is 1. The number of carbonyl (C=O) groups is 2. The summed E-state index contributed by atoms with van der Waals surface area (Å²) in [6.07, 6.45) is 1.51. The number of rotatable bonds is 4. The van der Waals surface area contributed by atoms with Crippen LogP contribution in [-0.4, -0.2) is 28.7 Å². The van der Waals surface area contributed by atoms with Crippen LogP contribution >= 0.6 is 0 Å². The number of benzene rings is 2. The Hall–Kier alpha value is -3.62. The molecule has 0 aliphatic carbocycles. The molecule has 3 amide bonds. The third-order valence-corrected chi connectivity index (χ3v) is 4.82. The van der Waals surface area contributed by atoms with Crippen molar-refractivity contribution >= 4 is 22.7 Å². The molecule has 28 heavy (non-hydrogen) atoms. The number of aromatic hydroxyl groups is 1. The van der Waals surface area contributed by atoms with Gasteiger partial charge in [0.15, 0.2) is 23.0 Å². The van der Waals surface area contributed by atoms with Gasteiger partial charge >= 0.3 is 6.03 Å². The van der Waals surface area contributed by atoms with E-state index in [9.17, 15) is 23.5 Å². The van der Waals surface area contributed by atoms with Gasteiger partial charge in [0.25, 0.3) is 5.91 Å². The number of imide groups is 1. The Kier molecular flexibility index (Phi) is 3.95. The van der Waals surface area contributed by atoms with Crippen LogP contribution in [0.2, 0.25) is 0 Å². The van der Waals surface area contributed by atoms with Gasteiger partial charge in [-0.25, -0.2) is 13.6 Å². The topological polar surface area (TPSA) is 92.6 Å². The summed E-state index contributed by atoms with van der Waals surface area (Å²) >= 11 is 0. The van der Waals surface area contributed by atoms with Gasteiger partial charge in [0.05, 0.1) is 13.7 Å². The van der Waals surface area contributed by atoms with Crippen LogP contribution in [-0.2, 0) is 16.9 Å². The van der Waals surface area contributed by atoms with Crippen LogP contribution in [0, 0.1) is 11.6 Å². The zero-order valence-electron chi connectivity index (χ0n) is 14.6. The second kappa shape index (κ2) is 6.22. The minimum absolute atomic E-state index is 0.00445. The van der Waals surface area contributed by atoms with Crippen molar-refractivity contribution in [1.29, 1.82) is 0 Å². The van der Waals surface area contributed by atoms with Gasteiger partial charge in [0, 0.05) is 17.0 Å². The largest absolute Gasteiger partial charge is 0.494 e. The second-order valence-corrected chi connectivity index (χ2v) is 6.48. The van der Waals surface area contributed by atoms with Crippen molar-refractivity contribution in [1.82, 2.24) is 15.2 Å². The van der Waals surface area contributed by atoms with E-state index in [2.05, 4.69) is 10.6 Å². The monoisotopic (exact) mass is 387 g/mol. The molecule has 2 aromatic carbocycles. The van der Waals surface area contributed by atoms with Gasteiger partial charge in [-0.3, -0.25) is 10.1 Å². The number of amides is 3. The highest BCUT2D eigenvalue weighted by Gasteiger charge is 2.48. The highest BCUT2D eigenvalue weighted by Crippen LogP contribution is 2.35. The molecule has 1 unspecified atom stereocenters. The summed E-state index contributed by atoms with van der Waals surface area (Å²) in [5.74, 6) is -2.08. The molecule has 0 radical (unpaired) electrons. The zero-order chi connectivity index (χ0) is 20.1. The maximum Gasteiger partial charge on any atom is 0.322 e. The van der Waals surface area contributed by atoms with Gasteiger partial charge in [-0.2, -0.15) is 0 Å². The number of methoxy groups -OCH3 is 1. The molecule has 0 spiro atoms. The number of aromatic nitrogens is 1. The minimum Gasteiger partial charge on any atom is -0.494 e. The Balaban J connectivity index is 1.84. The van der Waals surface area contributed by atoms with Gasteiger partial charge in [-0.15, -0.1) is 0 Å². The van der Waals surface area contributed by atoms with E-state index in [-0.39, 0.29) is 23.6 Å². The highest BCUT2D eigenvalue weighted by molar-refractivity contribution is 6.07. The molecule has 1 aliphatic heterocycles. The molecule has 1 fully saturated rings. The number of hydrogen-bond donors (Lipinski definition) is 3. The molecular weight excluding hydrogens is 372 g/mol. The molecule has 1 aromatic heterocycles. The van der Waals surface area contributed by atoms with Crippen molar-refractivity contribution in [2.75, 3.05) is 7.11 Å². The molecule has 3 N–H and O–H groups in total. The molecule has 2 heterocycles. The molecule has 4 rings (SSSR count).